The molecule has 0 radical (unpaired) electrons. The van der Waals surface area contributed by atoms with Gasteiger partial charge in [0.05, 0.1) is 11.9 Å². The fourth-order valence-electron chi connectivity index (χ4n) is 1.42. The molecule has 18 heavy (non-hydrogen) atoms. The molecule has 2 N–H and O–H groups in total. The standard InChI is InChI=1S/C13H12Cl2N2O/c14-10-2-1-9(13(15)5-10)8-18-12-4-3-11(6-16)17-7-12/h1-5,7H,6,8,16H2. The summed E-state index contributed by atoms with van der Waals surface area (Å²) < 4.78 is 5.58. The van der Waals surface area contributed by atoms with Crippen LogP contribution in [0.5, 0.6) is 5.75 Å². The fraction of sp³-hybridized carbons (Fsp3) is 0.154. The van der Waals surface area contributed by atoms with Gasteiger partial charge in [0, 0.05) is 22.2 Å². The molecule has 0 aliphatic rings. The molecule has 0 aliphatic carbocycles. The third-order valence-electron chi connectivity index (χ3n) is 2.42. The number of nitrogens with zero attached hydrogens (tertiary/aromatic N) is 1. The predicted molar refractivity (Wildman–Crippen MR) is 72.9 cm³/mol. The minimum Gasteiger partial charge on any atom is -0.487 e. The number of hydrogen-bond donors (Lipinski definition) is 1. The first-order chi connectivity index (χ1) is 8.69. The number of hydrogen-bond acceptors (Lipinski definition) is 3. The van der Waals surface area contributed by atoms with E-state index in [9.17, 15) is 0 Å². The highest BCUT2D eigenvalue weighted by molar-refractivity contribution is 6.35. The Kier molecular flexibility index (Phi) is 4.42. The molecule has 5 heteroatoms. The van der Waals surface area contributed by atoms with Crippen LogP contribution < -0.4 is 10.5 Å². The van der Waals surface area contributed by atoms with Crippen molar-refractivity contribution >= 4 is 23.2 Å². The molecule has 0 unspecified atom stereocenters. The van der Waals surface area contributed by atoms with Crippen LogP contribution in [-0.2, 0) is 13.2 Å². The van der Waals surface area contributed by atoms with Gasteiger partial charge < -0.3 is 10.5 Å². The highest BCUT2D eigenvalue weighted by Crippen LogP contribution is 2.22. The molecule has 0 saturated carbocycles. The van der Waals surface area contributed by atoms with Crippen molar-refractivity contribution in [1.29, 1.82) is 0 Å². The van der Waals surface area contributed by atoms with E-state index in [1.807, 2.05) is 18.2 Å². The smallest absolute Gasteiger partial charge is 0.138 e. The Labute approximate surface area is 115 Å². The first-order valence-electron chi connectivity index (χ1n) is 5.41. The van der Waals surface area contributed by atoms with Gasteiger partial charge in [-0.05, 0) is 24.3 Å². The molecular weight excluding hydrogens is 271 g/mol. The fourth-order valence-corrected chi connectivity index (χ4v) is 1.88. The molecule has 0 bridgehead atoms. The summed E-state index contributed by atoms with van der Waals surface area (Å²) in [6, 6.07) is 8.98. The van der Waals surface area contributed by atoms with Crippen molar-refractivity contribution < 1.29 is 4.74 Å². The Morgan fingerprint density at radius 2 is 2.00 bits per heavy atom. The summed E-state index contributed by atoms with van der Waals surface area (Å²) in [5, 5.41) is 1.20. The van der Waals surface area contributed by atoms with Crippen LogP contribution in [0.25, 0.3) is 0 Å². The minimum atomic E-state index is 0.375. The van der Waals surface area contributed by atoms with Crippen molar-refractivity contribution in [1.82, 2.24) is 4.98 Å². The van der Waals surface area contributed by atoms with E-state index in [-0.39, 0.29) is 0 Å². The van der Waals surface area contributed by atoms with Crippen LogP contribution in [0.15, 0.2) is 36.5 Å². The highest BCUT2D eigenvalue weighted by atomic mass is 35.5. The van der Waals surface area contributed by atoms with E-state index in [0.29, 0.717) is 28.9 Å². The Hall–Kier alpha value is -1.29. The number of nitrogens with two attached hydrogens (primary N) is 1. The normalized spacial score (nSPS) is 10.4. The molecule has 1 aromatic heterocycles. The van der Waals surface area contributed by atoms with Gasteiger partial charge in [0.1, 0.15) is 12.4 Å². The lowest BCUT2D eigenvalue weighted by Gasteiger charge is -2.08. The average Bonchev–Trinajstić information content (AvgIpc) is 2.38. The summed E-state index contributed by atoms with van der Waals surface area (Å²) in [6.07, 6.45) is 1.64. The van der Waals surface area contributed by atoms with E-state index in [2.05, 4.69) is 4.98 Å². The van der Waals surface area contributed by atoms with Gasteiger partial charge in [0.2, 0.25) is 0 Å². The van der Waals surface area contributed by atoms with Crippen molar-refractivity contribution in [3.05, 3.63) is 57.8 Å². The first-order valence-corrected chi connectivity index (χ1v) is 6.16. The lowest BCUT2D eigenvalue weighted by Crippen LogP contribution is -2.00. The second-order valence-corrected chi connectivity index (χ2v) is 4.56. The molecule has 0 atom stereocenters. The van der Waals surface area contributed by atoms with E-state index in [0.717, 1.165) is 11.3 Å². The third-order valence-corrected chi connectivity index (χ3v) is 3.00. The van der Waals surface area contributed by atoms with Gasteiger partial charge in [-0.2, -0.15) is 0 Å². The van der Waals surface area contributed by atoms with Gasteiger partial charge in [-0.3, -0.25) is 4.98 Å². The molecule has 3 nitrogen and oxygen atoms in total. The minimum absolute atomic E-state index is 0.375. The predicted octanol–water partition coefficient (Wildman–Crippen LogP) is 3.43. The molecule has 1 heterocycles. The second-order valence-electron chi connectivity index (χ2n) is 3.71. The monoisotopic (exact) mass is 282 g/mol. The van der Waals surface area contributed by atoms with Crippen LogP contribution in [0.3, 0.4) is 0 Å². The summed E-state index contributed by atoms with van der Waals surface area (Å²) in [4.78, 5) is 4.14. The summed E-state index contributed by atoms with van der Waals surface area (Å²) in [5.74, 6) is 0.679. The topological polar surface area (TPSA) is 48.1 Å². The largest absolute Gasteiger partial charge is 0.487 e. The number of aromatic nitrogens is 1. The van der Waals surface area contributed by atoms with Gasteiger partial charge in [0.25, 0.3) is 0 Å². The summed E-state index contributed by atoms with van der Waals surface area (Å²) in [6.45, 7) is 0.795. The van der Waals surface area contributed by atoms with Crippen molar-refractivity contribution in [3.63, 3.8) is 0 Å². The molecule has 1 aromatic carbocycles. The first kappa shape index (κ1) is 13.1. The molecular formula is C13H12Cl2N2O. The van der Waals surface area contributed by atoms with Gasteiger partial charge in [-0.15, -0.1) is 0 Å². The van der Waals surface area contributed by atoms with Crippen LogP contribution in [0.2, 0.25) is 10.0 Å². The van der Waals surface area contributed by atoms with Gasteiger partial charge in [-0.25, -0.2) is 0 Å². The van der Waals surface area contributed by atoms with Crippen LogP contribution in [-0.4, -0.2) is 4.98 Å². The van der Waals surface area contributed by atoms with Crippen molar-refractivity contribution in [3.8, 4) is 5.75 Å². The van der Waals surface area contributed by atoms with Crippen molar-refractivity contribution in [2.75, 3.05) is 0 Å². The Balaban J connectivity index is 2.02. The van der Waals surface area contributed by atoms with Gasteiger partial charge in [-0.1, -0.05) is 29.3 Å². The van der Waals surface area contributed by atoms with E-state index in [4.69, 9.17) is 33.7 Å². The molecule has 0 fully saturated rings. The molecule has 0 spiro atoms. The summed E-state index contributed by atoms with van der Waals surface area (Å²) >= 11 is 11.9. The van der Waals surface area contributed by atoms with Crippen LogP contribution in [0.4, 0.5) is 0 Å². The zero-order valence-corrected chi connectivity index (χ0v) is 11.1. The molecule has 0 saturated heterocycles. The molecule has 94 valence electrons. The maximum Gasteiger partial charge on any atom is 0.138 e. The maximum atomic E-state index is 6.05. The molecule has 0 aliphatic heterocycles. The van der Waals surface area contributed by atoms with E-state index < -0.39 is 0 Å². The molecule has 2 aromatic rings. The molecule has 2 rings (SSSR count). The third kappa shape index (κ3) is 3.35. The number of pyridine rings is 1. The van der Waals surface area contributed by atoms with E-state index >= 15 is 0 Å². The number of benzene rings is 1. The Morgan fingerprint density at radius 1 is 1.17 bits per heavy atom. The van der Waals surface area contributed by atoms with E-state index in [1.165, 1.54) is 0 Å². The lowest BCUT2D eigenvalue weighted by atomic mass is 10.2. The number of ether oxygens (including phenoxy) is 1. The van der Waals surface area contributed by atoms with Crippen LogP contribution in [0, 0.1) is 0 Å². The molecule has 0 amide bonds. The number of halogens is 2. The van der Waals surface area contributed by atoms with Gasteiger partial charge >= 0.3 is 0 Å². The summed E-state index contributed by atoms with van der Waals surface area (Å²) in [7, 11) is 0. The van der Waals surface area contributed by atoms with Crippen molar-refractivity contribution in [2.24, 2.45) is 5.73 Å². The highest BCUT2D eigenvalue weighted by Gasteiger charge is 2.02. The SMILES string of the molecule is NCc1ccc(OCc2ccc(Cl)cc2Cl)cn1. The van der Waals surface area contributed by atoms with Crippen LogP contribution >= 0.6 is 23.2 Å². The quantitative estimate of drug-likeness (QED) is 0.935. The lowest BCUT2D eigenvalue weighted by molar-refractivity contribution is 0.305. The Bertz CT molecular complexity index is 529. The zero-order valence-electron chi connectivity index (χ0n) is 9.57. The zero-order chi connectivity index (χ0) is 13.0. The average molecular weight is 283 g/mol. The summed E-state index contributed by atoms with van der Waals surface area (Å²) in [5.41, 5.74) is 7.17. The van der Waals surface area contributed by atoms with Crippen molar-refractivity contribution in [2.45, 2.75) is 13.2 Å². The maximum absolute atomic E-state index is 6.05. The van der Waals surface area contributed by atoms with Crippen LogP contribution in [0.1, 0.15) is 11.3 Å². The number of rotatable bonds is 4. The van der Waals surface area contributed by atoms with E-state index in [1.54, 1.807) is 18.3 Å². The second kappa shape index (κ2) is 6.05. The van der Waals surface area contributed by atoms with Gasteiger partial charge in [0.15, 0.2) is 0 Å². The Morgan fingerprint density at radius 3 is 2.61 bits per heavy atom.